The number of hydrogen-bond acceptors (Lipinski definition) is 5. The summed E-state index contributed by atoms with van der Waals surface area (Å²) in [6.45, 7) is 0. The lowest BCUT2D eigenvalue weighted by atomic mass is 10.7. The third-order valence-corrected chi connectivity index (χ3v) is 1.88. The number of rotatable bonds is 2. The molecule has 0 aliphatic rings. The molecule has 2 rings (SSSR count). The van der Waals surface area contributed by atoms with Crippen LogP contribution in [-0.4, -0.2) is 31.8 Å². The number of nitrogens with zero attached hydrogens (tertiary/aromatic N) is 5. The fourth-order valence-electron chi connectivity index (χ4n) is 0.926. The molecule has 0 unspecified atom stereocenters. The van der Waals surface area contributed by atoms with Gasteiger partial charge < -0.3 is 4.74 Å². The van der Waals surface area contributed by atoms with Gasteiger partial charge in [0.15, 0.2) is 0 Å². The van der Waals surface area contributed by atoms with Gasteiger partial charge in [0.1, 0.15) is 0 Å². The van der Waals surface area contributed by atoms with Crippen molar-refractivity contribution in [3.05, 3.63) is 22.7 Å². The van der Waals surface area contributed by atoms with Crippen LogP contribution < -0.4 is 4.74 Å². The molecule has 0 radical (unpaired) electrons. The topological polar surface area (TPSA) is 65.7 Å². The molecular weight excluding hydrogens is 241 g/mol. The van der Waals surface area contributed by atoms with Crippen LogP contribution in [0.2, 0.25) is 10.3 Å². The van der Waals surface area contributed by atoms with Crippen LogP contribution in [0.3, 0.4) is 0 Å². The number of ether oxygens (including phenoxy) is 1. The average Bonchev–Trinajstić information content (AvgIpc) is 2.64. The van der Waals surface area contributed by atoms with Crippen molar-refractivity contribution in [1.29, 1.82) is 0 Å². The second-order valence-electron chi connectivity index (χ2n) is 2.49. The second-order valence-corrected chi connectivity index (χ2v) is 3.27. The summed E-state index contributed by atoms with van der Waals surface area (Å²) in [5.41, 5.74) is 0. The molecule has 0 N–H and O–H groups in total. The molecule has 0 fully saturated rings. The van der Waals surface area contributed by atoms with E-state index in [9.17, 15) is 0 Å². The monoisotopic (exact) mass is 245 g/mol. The van der Waals surface area contributed by atoms with Gasteiger partial charge in [-0.25, -0.2) is 4.68 Å². The van der Waals surface area contributed by atoms with Crippen molar-refractivity contribution in [2.45, 2.75) is 0 Å². The Bertz CT molecular complexity index is 486. The standard InChI is InChI=1S/C7H5Cl2N5O/c1-15-7-12-5(9)11-6(13-7)14-3-4(8)2-10-14/h2-3H,1H3. The van der Waals surface area contributed by atoms with Crippen LogP contribution in [0.1, 0.15) is 0 Å². The van der Waals surface area contributed by atoms with E-state index in [2.05, 4.69) is 20.1 Å². The largest absolute Gasteiger partial charge is 0.467 e. The second kappa shape index (κ2) is 4.00. The van der Waals surface area contributed by atoms with Gasteiger partial charge >= 0.3 is 6.01 Å². The zero-order valence-electron chi connectivity index (χ0n) is 7.55. The van der Waals surface area contributed by atoms with Crippen molar-refractivity contribution in [1.82, 2.24) is 24.7 Å². The van der Waals surface area contributed by atoms with Gasteiger partial charge in [-0.15, -0.1) is 0 Å². The van der Waals surface area contributed by atoms with E-state index in [0.29, 0.717) is 5.02 Å². The van der Waals surface area contributed by atoms with Crippen LogP contribution in [-0.2, 0) is 0 Å². The molecule has 0 aliphatic heterocycles. The fraction of sp³-hybridized carbons (Fsp3) is 0.143. The Hall–Kier alpha value is -1.40. The molecule has 2 heterocycles. The normalized spacial score (nSPS) is 10.3. The highest BCUT2D eigenvalue weighted by molar-refractivity contribution is 6.30. The summed E-state index contributed by atoms with van der Waals surface area (Å²) < 4.78 is 6.22. The van der Waals surface area contributed by atoms with Crippen molar-refractivity contribution >= 4 is 23.2 Å². The lowest BCUT2D eigenvalue weighted by Crippen LogP contribution is -2.05. The number of methoxy groups -OCH3 is 1. The van der Waals surface area contributed by atoms with Crippen LogP contribution in [0.5, 0.6) is 6.01 Å². The third kappa shape index (κ3) is 2.16. The van der Waals surface area contributed by atoms with Gasteiger partial charge in [0, 0.05) is 0 Å². The van der Waals surface area contributed by atoms with Gasteiger partial charge in [-0.1, -0.05) is 11.6 Å². The quantitative estimate of drug-likeness (QED) is 0.800. The molecule has 0 atom stereocenters. The molecule has 2 aromatic heterocycles. The maximum atomic E-state index is 5.70. The van der Waals surface area contributed by atoms with Crippen LogP contribution >= 0.6 is 23.2 Å². The minimum atomic E-state index is 0.0310. The van der Waals surface area contributed by atoms with Crippen LogP contribution in [0.25, 0.3) is 5.95 Å². The Kier molecular flexibility index (Phi) is 2.70. The van der Waals surface area contributed by atoms with E-state index in [1.54, 1.807) is 6.20 Å². The molecule has 0 bridgehead atoms. The molecule has 78 valence electrons. The smallest absolute Gasteiger partial charge is 0.322 e. The summed E-state index contributed by atoms with van der Waals surface area (Å²) in [6, 6.07) is 0.122. The lowest BCUT2D eigenvalue weighted by Gasteiger charge is -2.01. The molecule has 0 amide bonds. The molecule has 0 saturated heterocycles. The van der Waals surface area contributed by atoms with Gasteiger partial charge in [0.25, 0.3) is 5.95 Å². The lowest BCUT2D eigenvalue weighted by molar-refractivity contribution is 0.376. The number of hydrogen-bond donors (Lipinski definition) is 0. The van der Waals surface area contributed by atoms with Gasteiger partial charge in [0.2, 0.25) is 5.28 Å². The van der Waals surface area contributed by atoms with E-state index in [1.807, 2.05) is 0 Å². The summed E-state index contributed by atoms with van der Waals surface area (Å²) >= 11 is 11.4. The summed E-state index contributed by atoms with van der Waals surface area (Å²) in [6.07, 6.45) is 3.01. The zero-order chi connectivity index (χ0) is 10.8. The SMILES string of the molecule is COc1nc(Cl)nc(-n2cc(Cl)cn2)n1. The molecule has 0 saturated carbocycles. The first-order valence-corrected chi connectivity index (χ1v) is 4.61. The minimum Gasteiger partial charge on any atom is -0.467 e. The van der Waals surface area contributed by atoms with E-state index >= 15 is 0 Å². The highest BCUT2D eigenvalue weighted by atomic mass is 35.5. The first kappa shape index (κ1) is 10.1. The summed E-state index contributed by atoms with van der Waals surface area (Å²) in [4.78, 5) is 11.6. The Labute approximate surface area is 94.8 Å². The van der Waals surface area contributed by atoms with Crippen LogP contribution in [0, 0.1) is 0 Å². The molecular formula is C7H5Cl2N5O. The predicted octanol–water partition coefficient (Wildman–Crippen LogP) is 1.37. The van der Waals surface area contributed by atoms with Gasteiger partial charge in [0.05, 0.1) is 24.5 Å². The molecule has 6 nitrogen and oxygen atoms in total. The molecule has 8 heteroatoms. The van der Waals surface area contributed by atoms with Gasteiger partial charge in [-0.2, -0.15) is 20.1 Å². The molecule has 0 spiro atoms. The predicted molar refractivity (Wildman–Crippen MR) is 53.5 cm³/mol. The first-order valence-electron chi connectivity index (χ1n) is 3.85. The minimum absolute atomic E-state index is 0.0310. The molecule has 2 aromatic rings. The van der Waals surface area contributed by atoms with Gasteiger partial charge in [-0.05, 0) is 11.6 Å². The molecule has 15 heavy (non-hydrogen) atoms. The van der Waals surface area contributed by atoms with Crippen molar-refractivity contribution in [3.63, 3.8) is 0 Å². The highest BCUT2D eigenvalue weighted by Gasteiger charge is 2.07. The summed E-state index contributed by atoms with van der Waals surface area (Å²) in [5, 5.41) is 4.43. The number of aromatic nitrogens is 5. The Balaban J connectivity index is 2.48. The summed E-state index contributed by atoms with van der Waals surface area (Å²) in [5.74, 6) is 0.249. The first-order chi connectivity index (χ1) is 7.19. The average molecular weight is 246 g/mol. The van der Waals surface area contributed by atoms with Crippen molar-refractivity contribution in [2.75, 3.05) is 7.11 Å². The van der Waals surface area contributed by atoms with Crippen LogP contribution in [0.4, 0.5) is 0 Å². The maximum absolute atomic E-state index is 5.70. The third-order valence-electron chi connectivity index (χ3n) is 1.51. The van der Waals surface area contributed by atoms with E-state index in [0.717, 1.165) is 0 Å². The zero-order valence-corrected chi connectivity index (χ0v) is 9.07. The van der Waals surface area contributed by atoms with Crippen LogP contribution in [0.15, 0.2) is 12.4 Å². The van der Waals surface area contributed by atoms with Crippen molar-refractivity contribution in [2.24, 2.45) is 0 Å². The van der Waals surface area contributed by atoms with E-state index in [4.69, 9.17) is 27.9 Å². The fourth-order valence-corrected chi connectivity index (χ4v) is 1.21. The Morgan fingerprint density at radius 2 is 2.07 bits per heavy atom. The van der Waals surface area contributed by atoms with E-state index in [1.165, 1.54) is 18.0 Å². The van der Waals surface area contributed by atoms with Crippen molar-refractivity contribution in [3.8, 4) is 12.0 Å². The number of halogens is 2. The Morgan fingerprint density at radius 3 is 2.67 bits per heavy atom. The van der Waals surface area contributed by atoms with E-state index < -0.39 is 0 Å². The summed E-state index contributed by atoms with van der Waals surface area (Å²) in [7, 11) is 1.44. The molecule has 0 aliphatic carbocycles. The maximum Gasteiger partial charge on any atom is 0.322 e. The van der Waals surface area contributed by atoms with E-state index in [-0.39, 0.29) is 17.2 Å². The highest BCUT2D eigenvalue weighted by Crippen LogP contribution is 2.12. The van der Waals surface area contributed by atoms with Gasteiger partial charge in [-0.3, -0.25) is 0 Å². The molecule has 0 aromatic carbocycles. The van der Waals surface area contributed by atoms with Crippen molar-refractivity contribution < 1.29 is 4.74 Å². The Morgan fingerprint density at radius 1 is 1.27 bits per heavy atom.